The molecule has 10 rings (SSSR count). The first-order chi connectivity index (χ1) is 22.8. The molecule has 0 unspecified atom stereocenters. The van der Waals surface area contributed by atoms with E-state index in [9.17, 15) is 0 Å². The monoisotopic (exact) mass is 585 g/mol. The van der Waals surface area contributed by atoms with Crippen molar-refractivity contribution in [2.45, 2.75) is 0 Å². The van der Waals surface area contributed by atoms with Crippen LogP contribution < -0.4 is 0 Å². The van der Waals surface area contributed by atoms with E-state index >= 15 is 0 Å². The third kappa shape index (κ3) is 3.51. The highest BCUT2D eigenvalue weighted by molar-refractivity contribution is 6.26. The molecule has 214 valence electrons. The first kappa shape index (κ1) is 25.2. The fourth-order valence-corrected chi connectivity index (χ4v) is 7.59. The van der Waals surface area contributed by atoms with Crippen LogP contribution in [0.15, 0.2) is 164 Å². The highest BCUT2D eigenvalue weighted by atomic mass is 15.0. The third-order valence-electron chi connectivity index (χ3n) is 9.55. The second-order valence-corrected chi connectivity index (χ2v) is 12.0. The SMILES string of the molecule is c1ccc(-c2cncc(-n3c4ccccc4c4ccc5c(c6ccccc6n5-c5cc6ccccc6c6ccccc56)c43)c2)cc1. The molecule has 0 aliphatic carbocycles. The number of rotatable bonds is 3. The molecule has 7 aromatic carbocycles. The van der Waals surface area contributed by atoms with Crippen molar-refractivity contribution in [1.29, 1.82) is 0 Å². The van der Waals surface area contributed by atoms with Crippen molar-refractivity contribution in [2.24, 2.45) is 0 Å². The van der Waals surface area contributed by atoms with E-state index in [1.807, 2.05) is 12.4 Å². The van der Waals surface area contributed by atoms with Gasteiger partial charge in [-0.1, -0.05) is 121 Å². The number of pyridine rings is 1. The Labute approximate surface area is 265 Å². The molecular weight excluding hydrogens is 558 g/mol. The molecule has 3 nitrogen and oxygen atoms in total. The van der Waals surface area contributed by atoms with E-state index in [-0.39, 0.29) is 0 Å². The van der Waals surface area contributed by atoms with Crippen LogP contribution in [0.25, 0.3) is 87.7 Å². The second kappa shape index (κ2) is 9.65. The van der Waals surface area contributed by atoms with Crippen molar-refractivity contribution in [1.82, 2.24) is 14.1 Å². The van der Waals surface area contributed by atoms with E-state index < -0.39 is 0 Å². The first-order valence-electron chi connectivity index (χ1n) is 15.7. The molecule has 10 aromatic rings. The van der Waals surface area contributed by atoms with Gasteiger partial charge in [0, 0.05) is 38.7 Å². The Bertz CT molecular complexity index is 2800. The second-order valence-electron chi connectivity index (χ2n) is 12.0. The van der Waals surface area contributed by atoms with Crippen LogP contribution >= 0.6 is 0 Å². The Morgan fingerprint density at radius 1 is 0.391 bits per heavy atom. The highest BCUT2D eigenvalue weighted by Crippen LogP contribution is 2.43. The molecule has 0 aliphatic rings. The van der Waals surface area contributed by atoms with Gasteiger partial charge in [-0.2, -0.15) is 0 Å². The van der Waals surface area contributed by atoms with Gasteiger partial charge in [0.25, 0.3) is 0 Å². The van der Waals surface area contributed by atoms with Gasteiger partial charge in [0.15, 0.2) is 0 Å². The predicted molar refractivity (Wildman–Crippen MR) is 193 cm³/mol. The molecule has 0 radical (unpaired) electrons. The van der Waals surface area contributed by atoms with Gasteiger partial charge >= 0.3 is 0 Å². The lowest BCUT2D eigenvalue weighted by Gasteiger charge is -2.14. The minimum absolute atomic E-state index is 1.05. The van der Waals surface area contributed by atoms with Gasteiger partial charge in [-0.05, 0) is 52.1 Å². The van der Waals surface area contributed by atoms with Gasteiger partial charge in [0.2, 0.25) is 0 Å². The van der Waals surface area contributed by atoms with Gasteiger partial charge in [-0.3, -0.25) is 4.98 Å². The number of hydrogen-bond donors (Lipinski definition) is 0. The summed E-state index contributed by atoms with van der Waals surface area (Å²) in [5, 5.41) is 9.96. The normalized spacial score (nSPS) is 11.9. The van der Waals surface area contributed by atoms with Crippen LogP contribution in [0.2, 0.25) is 0 Å². The van der Waals surface area contributed by atoms with Crippen molar-refractivity contribution in [2.75, 3.05) is 0 Å². The minimum atomic E-state index is 1.05. The highest BCUT2D eigenvalue weighted by Gasteiger charge is 2.22. The first-order valence-corrected chi connectivity index (χ1v) is 15.7. The molecular formula is C43H27N3. The summed E-state index contributed by atoms with van der Waals surface area (Å²) >= 11 is 0. The quantitative estimate of drug-likeness (QED) is 0.189. The molecule has 0 fully saturated rings. The van der Waals surface area contributed by atoms with E-state index in [1.54, 1.807) is 0 Å². The lowest BCUT2D eigenvalue weighted by atomic mass is 10.00. The van der Waals surface area contributed by atoms with Gasteiger partial charge in [-0.25, -0.2) is 0 Å². The zero-order chi connectivity index (χ0) is 30.2. The van der Waals surface area contributed by atoms with Gasteiger partial charge in [-0.15, -0.1) is 0 Å². The summed E-state index contributed by atoms with van der Waals surface area (Å²) in [6, 6.07) is 54.9. The number of nitrogens with zero attached hydrogens (tertiary/aromatic N) is 3. The Kier molecular flexibility index (Phi) is 5.28. The summed E-state index contributed by atoms with van der Waals surface area (Å²) in [5.74, 6) is 0. The fourth-order valence-electron chi connectivity index (χ4n) is 7.59. The topological polar surface area (TPSA) is 22.8 Å². The van der Waals surface area contributed by atoms with Gasteiger partial charge < -0.3 is 9.13 Å². The van der Waals surface area contributed by atoms with Crippen LogP contribution in [0, 0.1) is 0 Å². The average Bonchev–Trinajstić information content (AvgIpc) is 3.65. The van der Waals surface area contributed by atoms with E-state index in [1.165, 1.54) is 70.8 Å². The summed E-state index contributed by atoms with van der Waals surface area (Å²) in [4.78, 5) is 4.76. The molecule has 0 amide bonds. The molecule has 0 atom stereocenters. The van der Waals surface area contributed by atoms with Crippen LogP contribution in [0.5, 0.6) is 0 Å². The summed E-state index contributed by atoms with van der Waals surface area (Å²) < 4.78 is 4.89. The molecule has 0 aliphatic heterocycles. The van der Waals surface area contributed by atoms with E-state index in [4.69, 9.17) is 4.98 Å². The Hall–Kier alpha value is -6.19. The average molecular weight is 586 g/mol. The van der Waals surface area contributed by atoms with E-state index in [0.29, 0.717) is 0 Å². The van der Waals surface area contributed by atoms with Crippen LogP contribution in [-0.2, 0) is 0 Å². The van der Waals surface area contributed by atoms with E-state index in [0.717, 1.165) is 16.8 Å². The maximum atomic E-state index is 4.76. The molecule has 3 heterocycles. The number of para-hydroxylation sites is 2. The molecule has 46 heavy (non-hydrogen) atoms. The van der Waals surface area contributed by atoms with Crippen molar-refractivity contribution >= 4 is 65.2 Å². The number of hydrogen-bond acceptors (Lipinski definition) is 1. The zero-order valence-electron chi connectivity index (χ0n) is 24.9. The minimum Gasteiger partial charge on any atom is -0.309 e. The molecule has 0 saturated carbocycles. The smallest absolute Gasteiger partial charge is 0.0651 e. The zero-order valence-corrected chi connectivity index (χ0v) is 24.9. The van der Waals surface area contributed by atoms with Crippen molar-refractivity contribution in [3.05, 3.63) is 164 Å². The van der Waals surface area contributed by atoms with Crippen LogP contribution in [0.3, 0.4) is 0 Å². The molecule has 0 bridgehead atoms. The van der Waals surface area contributed by atoms with Crippen molar-refractivity contribution in [3.8, 4) is 22.5 Å². The standard InChI is InChI=1S/C43H27N3/c1-2-12-28(13-3-1)30-24-31(27-44-26-30)45-38-20-10-8-18-35(38)36-22-23-40-42(43(36)45)37-19-9-11-21-39(37)46(40)41-25-29-14-4-5-15-32(29)33-16-6-7-17-34(33)41/h1-27H. The lowest BCUT2D eigenvalue weighted by Crippen LogP contribution is -1.97. The molecule has 0 saturated heterocycles. The Balaban J connectivity index is 1.38. The van der Waals surface area contributed by atoms with Gasteiger partial charge in [0.05, 0.1) is 39.6 Å². The Morgan fingerprint density at radius 2 is 1.04 bits per heavy atom. The van der Waals surface area contributed by atoms with Crippen LogP contribution in [0.1, 0.15) is 0 Å². The number of aromatic nitrogens is 3. The summed E-state index contributed by atoms with van der Waals surface area (Å²) in [5.41, 5.74) is 9.24. The maximum Gasteiger partial charge on any atom is 0.0651 e. The molecule has 3 heteroatoms. The molecule has 0 N–H and O–H groups in total. The van der Waals surface area contributed by atoms with Crippen LogP contribution in [0.4, 0.5) is 0 Å². The van der Waals surface area contributed by atoms with Crippen LogP contribution in [-0.4, -0.2) is 14.1 Å². The summed E-state index contributed by atoms with van der Waals surface area (Å²) in [6.45, 7) is 0. The number of fused-ring (bicyclic) bond motifs is 10. The van der Waals surface area contributed by atoms with Crippen molar-refractivity contribution < 1.29 is 0 Å². The molecule has 0 spiro atoms. The lowest BCUT2D eigenvalue weighted by molar-refractivity contribution is 1.15. The van der Waals surface area contributed by atoms with E-state index in [2.05, 4.69) is 161 Å². The molecule has 3 aromatic heterocycles. The predicted octanol–water partition coefficient (Wildman–Crippen LogP) is 11.2. The summed E-state index contributed by atoms with van der Waals surface area (Å²) in [7, 11) is 0. The van der Waals surface area contributed by atoms with Gasteiger partial charge in [0.1, 0.15) is 0 Å². The maximum absolute atomic E-state index is 4.76. The Morgan fingerprint density at radius 3 is 1.87 bits per heavy atom. The third-order valence-corrected chi connectivity index (χ3v) is 9.55. The number of benzene rings is 7. The largest absolute Gasteiger partial charge is 0.309 e. The summed E-state index contributed by atoms with van der Waals surface area (Å²) in [6.07, 6.45) is 3.95. The fraction of sp³-hybridized carbons (Fsp3) is 0. The van der Waals surface area contributed by atoms with Crippen molar-refractivity contribution in [3.63, 3.8) is 0 Å².